The Labute approximate surface area is 275 Å². The van der Waals surface area contributed by atoms with Crippen LogP contribution in [0.3, 0.4) is 0 Å². The molecule has 0 aliphatic heterocycles. The van der Waals surface area contributed by atoms with Crippen molar-refractivity contribution in [3.05, 3.63) is 52.1 Å². The number of aromatic nitrogens is 3. The number of anilines is 2. The van der Waals surface area contributed by atoms with Gasteiger partial charge in [0.25, 0.3) is 0 Å². The lowest BCUT2D eigenvalue weighted by molar-refractivity contribution is 0.466. The maximum Gasteiger partial charge on any atom is 0.232 e. The Morgan fingerprint density at radius 2 is 0.932 bits per heavy atom. The van der Waals surface area contributed by atoms with Crippen molar-refractivity contribution >= 4 is 35.2 Å². The second-order valence-corrected chi connectivity index (χ2v) is 13.9. The minimum atomic E-state index is 0.339. The molecular weight excluding hydrogens is 585 g/mol. The van der Waals surface area contributed by atoms with E-state index < -0.39 is 0 Å². The van der Waals surface area contributed by atoms with E-state index in [4.69, 9.17) is 4.98 Å². The second-order valence-electron chi connectivity index (χ2n) is 11.8. The van der Waals surface area contributed by atoms with Gasteiger partial charge in [-0.3, -0.25) is 0 Å². The molecule has 0 radical (unpaired) electrons. The highest BCUT2D eigenvalue weighted by Gasteiger charge is 2.10. The summed E-state index contributed by atoms with van der Waals surface area (Å²) in [5.41, 5.74) is 5.68. The molecule has 8 heteroatoms. The van der Waals surface area contributed by atoms with Crippen LogP contribution in [0.15, 0.2) is 34.6 Å². The van der Waals surface area contributed by atoms with Gasteiger partial charge < -0.3 is 15.5 Å². The third-order valence-corrected chi connectivity index (χ3v) is 9.30. The van der Waals surface area contributed by atoms with Gasteiger partial charge in [0.15, 0.2) is 10.3 Å². The van der Waals surface area contributed by atoms with Crippen LogP contribution in [0.5, 0.6) is 11.5 Å². The number of aryl methyl sites for hydroxylation is 5. The fraction of sp³-hybridized carbons (Fsp3) is 0.583. The molecule has 3 aromatic rings. The third-order valence-electron chi connectivity index (χ3n) is 7.44. The first-order valence-corrected chi connectivity index (χ1v) is 18.5. The van der Waals surface area contributed by atoms with E-state index >= 15 is 0 Å². The Morgan fingerprint density at radius 1 is 0.545 bits per heavy atom. The summed E-state index contributed by atoms with van der Waals surface area (Å²) < 4.78 is 0. The fourth-order valence-electron chi connectivity index (χ4n) is 4.94. The molecule has 0 spiro atoms. The van der Waals surface area contributed by atoms with E-state index in [-0.39, 0.29) is 0 Å². The van der Waals surface area contributed by atoms with Crippen molar-refractivity contribution in [1.29, 1.82) is 0 Å². The molecule has 0 aliphatic rings. The van der Waals surface area contributed by atoms with E-state index in [0.29, 0.717) is 17.4 Å². The first kappa shape index (κ1) is 37.7. The molecule has 44 heavy (non-hydrogen) atoms. The Morgan fingerprint density at radius 3 is 1.36 bits per heavy atom. The minimum absolute atomic E-state index is 0.339. The smallest absolute Gasteiger partial charge is 0.232 e. The molecule has 3 rings (SSSR count). The van der Waals surface area contributed by atoms with E-state index in [1.807, 2.05) is 58.9 Å². The first-order valence-electron chi connectivity index (χ1n) is 16.5. The van der Waals surface area contributed by atoms with Crippen LogP contribution in [0.25, 0.3) is 0 Å². The van der Waals surface area contributed by atoms with Crippen LogP contribution in [-0.4, -0.2) is 36.7 Å². The highest BCUT2D eigenvalue weighted by Crippen LogP contribution is 2.29. The second kappa shape index (κ2) is 21.3. The molecular formula is C36H56N4O2S2. The predicted octanol–water partition coefficient (Wildman–Crippen LogP) is 11.2. The van der Waals surface area contributed by atoms with Gasteiger partial charge in [-0.05, 0) is 81.8 Å². The highest BCUT2D eigenvalue weighted by atomic mass is 32.2. The van der Waals surface area contributed by atoms with Crippen molar-refractivity contribution in [2.75, 3.05) is 16.8 Å². The van der Waals surface area contributed by atoms with Gasteiger partial charge in [-0.25, -0.2) is 0 Å². The molecule has 1 heterocycles. The van der Waals surface area contributed by atoms with Crippen LogP contribution in [-0.2, 0) is 0 Å². The number of benzene rings is 2. The van der Waals surface area contributed by atoms with Crippen LogP contribution in [0, 0.1) is 34.6 Å². The van der Waals surface area contributed by atoms with E-state index in [9.17, 15) is 10.2 Å². The van der Waals surface area contributed by atoms with Crippen LogP contribution in [0.1, 0.15) is 119 Å². The van der Waals surface area contributed by atoms with Crippen molar-refractivity contribution in [3.8, 4) is 11.5 Å². The van der Waals surface area contributed by atoms with Gasteiger partial charge in [-0.1, -0.05) is 119 Å². The zero-order valence-corrected chi connectivity index (χ0v) is 29.9. The summed E-state index contributed by atoms with van der Waals surface area (Å²) in [6.07, 6.45) is 15.5. The van der Waals surface area contributed by atoms with E-state index in [1.165, 1.54) is 82.6 Å². The normalized spacial score (nSPS) is 10.9. The van der Waals surface area contributed by atoms with Crippen LogP contribution < -0.4 is 5.32 Å². The lowest BCUT2D eigenvalue weighted by Crippen LogP contribution is -2.03. The number of phenols is 2. The summed E-state index contributed by atoms with van der Waals surface area (Å²) >= 11 is 3.46. The van der Waals surface area contributed by atoms with Crippen molar-refractivity contribution in [2.24, 2.45) is 0 Å². The number of nitrogens with zero attached hydrogens (tertiary/aromatic N) is 3. The summed E-state index contributed by atoms with van der Waals surface area (Å²) in [5.74, 6) is 3.41. The van der Waals surface area contributed by atoms with Gasteiger partial charge in [0.05, 0.1) is 0 Å². The molecule has 6 nitrogen and oxygen atoms in total. The zero-order chi connectivity index (χ0) is 32.3. The summed E-state index contributed by atoms with van der Waals surface area (Å²) in [6.45, 7) is 14.2. The summed E-state index contributed by atoms with van der Waals surface area (Å²) in [6, 6.07) is 7.81. The largest absolute Gasteiger partial charge is 0.507 e. The summed E-state index contributed by atoms with van der Waals surface area (Å²) in [5, 5.41) is 24.4. The molecule has 0 unspecified atom stereocenters. The van der Waals surface area contributed by atoms with Crippen molar-refractivity contribution in [3.63, 3.8) is 0 Å². The molecule has 3 N–H and O–H groups in total. The molecule has 1 aromatic heterocycles. The Bertz CT molecular complexity index is 1190. The zero-order valence-electron chi connectivity index (χ0n) is 28.3. The molecule has 244 valence electrons. The number of nitrogens with one attached hydrogen (secondary N) is 1. The third kappa shape index (κ3) is 14.6. The quantitative estimate of drug-likeness (QED) is 0.0718. The maximum absolute atomic E-state index is 10.1. The maximum atomic E-state index is 10.1. The number of hydrogen-bond donors (Lipinski definition) is 3. The van der Waals surface area contributed by atoms with Crippen molar-refractivity contribution in [1.82, 2.24) is 15.0 Å². The molecule has 0 bridgehead atoms. The molecule has 2 aromatic carbocycles. The average Bonchev–Trinajstić information content (AvgIpc) is 2.98. The lowest BCUT2D eigenvalue weighted by Gasteiger charge is -2.11. The summed E-state index contributed by atoms with van der Waals surface area (Å²) in [7, 11) is 0. The van der Waals surface area contributed by atoms with Crippen LogP contribution >= 0.6 is 23.5 Å². The molecule has 0 saturated carbocycles. The number of unbranched alkanes of at least 4 members (excludes halogenated alkanes) is 10. The first-order chi connectivity index (χ1) is 21.1. The van der Waals surface area contributed by atoms with Crippen molar-refractivity contribution in [2.45, 2.75) is 136 Å². The number of hydrogen-bond acceptors (Lipinski definition) is 8. The van der Waals surface area contributed by atoms with Gasteiger partial charge in [0.1, 0.15) is 11.5 Å². The van der Waals surface area contributed by atoms with Gasteiger partial charge in [0.2, 0.25) is 5.95 Å². The SMILES string of the molecule is CCCCCCCCSc1nc(Nc2cc(C)c(O)c(C)c2)nc(SCCCCCCCC)n1.Cc1cc(C)c(O)c(C)c1. The number of thioether (sulfide) groups is 2. The van der Waals surface area contributed by atoms with Crippen LogP contribution in [0.4, 0.5) is 11.6 Å². The fourth-order valence-corrected chi connectivity index (χ4v) is 6.67. The van der Waals surface area contributed by atoms with Crippen LogP contribution in [0.2, 0.25) is 0 Å². The number of rotatable bonds is 18. The average molecular weight is 641 g/mol. The Hall–Kier alpha value is -2.45. The topological polar surface area (TPSA) is 91.2 Å². The van der Waals surface area contributed by atoms with Gasteiger partial charge in [-0.2, -0.15) is 15.0 Å². The monoisotopic (exact) mass is 640 g/mol. The Kier molecular flexibility index (Phi) is 18.3. The molecule has 0 aliphatic carbocycles. The lowest BCUT2D eigenvalue weighted by atomic mass is 10.1. The molecule has 0 amide bonds. The van der Waals surface area contributed by atoms with Gasteiger partial charge >= 0.3 is 0 Å². The van der Waals surface area contributed by atoms with Crippen molar-refractivity contribution < 1.29 is 10.2 Å². The van der Waals surface area contributed by atoms with E-state index in [2.05, 4.69) is 29.1 Å². The van der Waals surface area contributed by atoms with E-state index in [1.54, 1.807) is 23.5 Å². The van der Waals surface area contributed by atoms with E-state index in [0.717, 1.165) is 49.8 Å². The standard InChI is InChI=1S/C27H44N4OS2.C9H12O/c1-5-7-9-11-13-15-17-33-26-29-25(28-23-19-21(3)24(32)22(4)20-23)30-27(31-26)34-18-16-14-12-10-8-6-2;1-6-4-7(2)9(10)8(3)5-6/h19-20,32H,5-18H2,1-4H3,(H,28,29,30,31);4-5,10H,1-3H3. The molecule has 0 fully saturated rings. The molecule has 0 saturated heterocycles. The number of aromatic hydroxyl groups is 2. The minimum Gasteiger partial charge on any atom is -0.507 e. The van der Waals surface area contributed by atoms with Gasteiger partial charge in [-0.15, -0.1) is 0 Å². The number of phenolic OH excluding ortho intramolecular Hbond substituents is 2. The predicted molar refractivity (Wildman–Crippen MR) is 191 cm³/mol. The Balaban J connectivity index is 0.000000569. The van der Waals surface area contributed by atoms with Gasteiger partial charge in [0, 0.05) is 17.2 Å². The molecule has 0 atom stereocenters. The highest BCUT2D eigenvalue weighted by molar-refractivity contribution is 7.99. The summed E-state index contributed by atoms with van der Waals surface area (Å²) in [4.78, 5) is 14.1.